The van der Waals surface area contributed by atoms with Gasteiger partial charge in [0.15, 0.2) is 0 Å². The fourth-order valence-electron chi connectivity index (χ4n) is 2.31. The topological polar surface area (TPSA) is 55.4 Å². The maximum Gasteiger partial charge on any atom is 0.328 e. The summed E-state index contributed by atoms with van der Waals surface area (Å²) in [5.74, 6) is -1.95. The molecule has 2 rings (SSSR count). The number of amides is 1. The van der Waals surface area contributed by atoms with Crippen molar-refractivity contribution < 1.29 is 23.1 Å². The summed E-state index contributed by atoms with van der Waals surface area (Å²) in [5, 5.41) is 2.55. The molecule has 6 heteroatoms. The number of esters is 1. The monoisotopic (exact) mass is 333 g/mol. The average molecular weight is 333 g/mol. The minimum atomic E-state index is -0.946. The van der Waals surface area contributed by atoms with Gasteiger partial charge in [-0.2, -0.15) is 0 Å². The first-order valence-electron chi connectivity index (χ1n) is 7.34. The molecule has 1 amide bonds. The van der Waals surface area contributed by atoms with E-state index in [1.807, 2.05) is 0 Å². The van der Waals surface area contributed by atoms with E-state index in [1.165, 1.54) is 43.5 Å². The second-order valence-electron chi connectivity index (χ2n) is 5.28. The molecule has 0 saturated heterocycles. The third kappa shape index (κ3) is 5.15. The Labute approximate surface area is 138 Å². The SMILES string of the molecule is COC(=O)[C@H](Cc1cccc(F)c1)NC(=O)Cc1cccc(F)c1. The van der Waals surface area contributed by atoms with Gasteiger partial charge >= 0.3 is 5.97 Å². The van der Waals surface area contributed by atoms with E-state index in [4.69, 9.17) is 0 Å². The Morgan fingerprint density at radius 3 is 2.21 bits per heavy atom. The average Bonchev–Trinajstić information content (AvgIpc) is 2.53. The van der Waals surface area contributed by atoms with Crippen LogP contribution in [0.15, 0.2) is 48.5 Å². The molecule has 1 N–H and O–H groups in total. The van der Waals surface area contributed by atoms with Crippen molar-refractivity contribution in [3.8, 4) is 0 Å². The molecule has 0 saturated carbocycles. The van der Waals surface area contributed by atoms with E-state index >= 15 is 0 Å². The molecule has 24 heavy (non-hydrogen) atoms. The van der Waals surface area contributed by atoms with Crippen LogP contribution >= 0.6 is 0 Å². The van der Waals surface area contributed by atoms with E-state index in [0.29, 0.717) is 11.1 Å². The number of ether oxygens (including phenoxy) is 1. The molecular weight excluding hydrogens is 316 g/mol. The molecule has 0 spiro atoms. The van der Waals surface area contributed by atoms with Gasteiger partial charge in [0.25, 0.3) is 0 Å². The van der Waals surface area contributed by atoms with E-state index in [0.717, 1.165) is 0 Å². The van der Waals surface area contributed by atoms with E-state index in [2.05, 4.69) is 10.1 Å². The summed E-state index contributed by atoms with van der Waals surface area (Å²) in [6, 6.07) is 10.4. The number of carbonyl (C=O) groups excluding carboxylic acids is 2. The first kappa shape index (κ1) is 17.6. The Balaban J connectivity index is 2.05. The molecule has 0 aliphatic rings. The number of methoxy groups -OCH3 is 1. The summed E-state index contributed by atoms with van der Waals surface area (Å²) in [4.78, 5) is 23.9. The van der Waals surface area contributed by atoms with E-state index in [-0.39, 0.29) is 12.8 Å². The third-order valence-corrected chi connectivity index (χ3v) is 3.40. The van der Waals surface area contributed by atoms with Crippen molar-refractivity contribution in [3.05, 3.63) is 71.3 Å². The van der Waals surface area contributed by atoms with E-state index in [1.54, 1.807) is 12.1 Å². The van der Waals surface area contributed by atoms with Crippen LogP contribution in [0.5, 0.6) is 0 Å². The molecule has 0 radical (unpaired) electrons. The van der Waals surface area contributed by atoms with Crippen LogP contribution < -0.4 is 5.32 Å². The standard InChI is InChI=1S/C18H17F2NO3/c1-24-18(23)16(10-12-4-2-6-14(19)8-12)21-17(22)11-13-5-3-7-15(20)9-13/h2-9,16H,10-11H2,1H3,(H,21,22)/t16-/m0/s1. The van der Waals surface area contributed by atoms with Gasteiger partial charge in [0.2, 0.25) is 5.91 Å². The fourth-order valence-corrected chi connectivity index (χ4v) is 2.31. The molecular formula is C18H17F2NO3. The Bertz CT molecular complexity index is 734. The van der Waals surface area contributed by atoms with Crippen LogP contribution in [-0.4, -0.2) is 25.0 Å². The number of benzene rings is 2. The summed E-state index contributed by atoms with van der Waals surface area (Å²) < 4.78 is 31.1. The molecule has 0 aliphatic heterocycles. The summed E-state index contributed by atoms with van der Waals surface area (Å²) in [7, 11) is 1.21. The number of carbonyl (C=O) groups is 2. The van der Waals surface area contributed by atoms with Crippen LogP contribution in [0.2, 0.25) is 0 Å². The Kier molecular flexibility index (Phi) is 6.01. The van der Waals surface area contributed by atoms with Crippen molar-refractivity contribution in [3.63, 3.8) is 0 Å². The third-order valence-electron chi connectivity index (χ3n) is 3.40. The number of rotatable bonds is 6. The van der Waals surface area contributed by atoms with E-state index < -0.39 is 29.6 Å². The van der Waals surface area contributed by atoms with Gasteiger partial charge in [-0.3, -0.25) is 4.79 Å². The molecule has 0 heterocycles. The van der Waals surface area contributed by atoms with Crippen molar-refractivity contribution in [2.24, 2.45) is 0 Å². The first-order chi connectivity index (χ1) is 11.5. The van der Waals surface area contributed by atoms with Gasteiger partial charge < -0.3 is 10.1 Å². The Morgan fingerprint density at radius 1 is 1.04 bits per heavy atom. The summed E-state index contributed by atoms with van der Waals surface area (Å²) in [5.41, 5.74) is 1.04. The molecule has 0 aromatic heterocycles. The van der Waals surface area contributed by atoms with Gasteiger partial charge in [-0.1, -0.05) is 24.3 Å². The van der Waals surface area contributed by atoms with Crippen molar-refractivity contribution >= 4 is 11.9 Å². The van der Waals surface area contributed by atoms with Crippen LogP contribution in [0.3, 0.4) is 0 Å². The highest BCUT2D eigenvalue weighted by molar-refractivity contribution is 5.85. The van der Waals surface area contributed by atoms with Gasteiger partial charge in [0, 0.05) is 6.42 Å². The van der Waals surface area contributed by atoms with E-state index in [9.17, 15) is 18.4 Å². The lowest BCUT2D eigenvalue weighted by Crippen LogP contribution is -2.43. The molecule has 2 aromatic rings. The minimum Gasteiger partial charge on any atom is -0.467 e. The van der Waals surface area contributed by atoms with Crippen molar-refractivity contribution in [1.29, 1.82) is 0 Å². The highest BCUT2D eigenvalue weighted by Gasteiger charge is 2.22. The van der Waals surface area contributed by atoms with Crippen molar-refractivity contribution in [2.45, 2.75) is 18.9 Å². The molecule has 0 bridgehead atoms. The smallest absolute Gasteiger partial charge is 0.328 e. The molecule has 0 fully saturated rings. The van der Waals surface area contributed by atoms with Crippen LogP contribution in [0.1, 0.15) is 11.1 Å². The molecule has 4 nitrogen and oxygen atoms in total. The lowest BCUT2D eigenvalue weighted by atomic mass is 10.0. The zero-order chi connectivity index (χ0) is 17.5. The van der Waals surface area contributed by atoms with Gasteiger partial charge in [0.05, 0.1) is 13.5 Å². The molecule has 0 aliphatic carbocycles. The molecule has 0 unspecified atom stereocenters. The fraction of sp³-hybridized carbons (Fsp3) is 0.222. The predicted molar refractivity (Wildman–Crippen MR) is 84.2 cm³/mol. The maximum atomic E-state index is 13.2. The van der Waals surface area contributed by atoms with Gasteiger partial charge in [-0.05, 0) is 35.4 Å². The molecule has 1 atom stereocenters. The zero-order valence-electron chi connectivity index (χ0n) is 13.1. The second-order valence-corrected chi connectivity index (χ2v) is 5.28. The summed E-state index contributed by atoms with van der Waals surface area (Å²) in [6.45, 7) is 0. The number of nitrogens with one attached hydrogen (secondary N) is 1. The lowest BCUT2D eigenvalue weighted by Gasteiger charge is -2.16. The normalized spacial score (nSPS) is 11.6. The number of hydrogen-bond donors (Lipinski definition) is 1. The van der Waals surface area contributed by atoms with Crippen LogP contribution in [0.4, 0.5) is 8.78 Å². The largest absolute Gasteiger partial charge is 0.467 e. The molecule has 126 valence electrons. The first-order valence-corrected chi connectivity index (χ1v) is 7.34. The van der Waals surface area contributed by atoms with Crippen LogP contribution in [0.25, 0.3) is 0 Å². The van der Waals surface area contributed by atoms with Crippen molar-refractivity contribution in [1.82, 2.24) is 5.32 Å². The van der Waals surface area contributed by atoms with Gasteiger partial charge in [-0.25, -0.2) is 13.6 Å². The highest BCUT2D eigenvalue weighted by Crippen LogP contribution is 2.09. The minimum absolute atomic E-state index is 0.0750. The highest BCUT2D eigenvalue weighted by atomic mass is 19.1. The summed E-state index contributed by atoms with van der Waals surface area (Å²) >= 11 is 0. The number of halogens is 2. The Hall–Kier alpha value is -2.76. The lowest BCUT2D eigenvalue weighted by molar-refractivity contribution is -0.145. The summed E-state index contributed by atoms with van der Waals surface area (Å²) in [6.07, 6.45) is 0.0216. The van der Waals surface area contributed by atoms with Crippen LogP contribution in [0, 0.1) is 11.6 Å². The van der Waals surface area contributed by atoms with Gasteiger partial charge in [-0.15, -0.1) is 0 Å². The Morgan fingerprint density at radius 2 is 1.62 bits per heavy atom. The maximum absolute atomic E-state index is 13.2. The zero-order valence-corrected chi connectivity index (χ0v) is 13.1. The predicted octanol–water partition coefficient (Wildman–Crippen LogP) is 2.41. The molecule has 2 aromatic carbocycles. The quantitative estimate of drug-likeness (QED) is 0.826. The van der Waals surface area contributed by atoms with Crippen molar-refractivity contribution in [2.75, 3.05) is 7.11 Å². The van der Waals surface area contributed by atoms with Crippen LogP contribution in [-0.2, 0) is 27.2 Å². The second kappa shape index (κ2) is 8.19. The number of hydrogen-bond acceptors (Lipinski definition) is 3. The van der Waals surface area contributed by atoms with Gasteiger partial charge in [0.1, 0.15) is 17.7 Å².